The summed E-state index contributed by atoms with van der Waals surface area (Å²) in [4.78, 5) is 0. The van der Waals surface area contributed by atoms with Crippen LogP contribution in [0, 0.1) is 0 Å². The smallest absolute Gasteiger partial charge is 0.0967 e. The van der Waals surface area contributed by atoms with E-state index in [1.165, 1.54) is 5.56 Å². The average molecular weight is 221 g/mol. The van der Waals surface area contributed by atoms with Gasteiger partial charge in [0.15, 0.2) is 0 Å². The quantitative estimate of drug-likeness (QED) is 0.704. The van der Waals surface area contributed by atoms with Crippen LogP contribution in [0.4, 0.5) is 0 Å². The van der Waals surface area contributed by atoms with Crippen molar-refractivity contribution >= 4 is 0 Å². The van der Waals surface area contributed by atoms with E-state index in [0.717, 1.165) is 12.8 Å². The molecule has 3 nitrogen and oxygen atoms in total. The molecule has 88 valence electrons. The first-order valence-electron chi connectivity index (χ1n) is 5.84. The molecule has 1 fully saturated rings. The lowest BCUT2D eigenvalue weighted by molar-refractivity contribution is 0.0293. The number of hydrogen-bond donors (Lipinski definition) is 3. The van der Waals surface area contributed by atoms with Crippen LogP contribution in [0.1, 0.15) is 18.9 Å². The van der Waals surface area contributed by atoms with Gasteiger partial charge in [-0.05, 0) is 25.3 Å². The van der Waals surface area contributed by atoms with Crippen molar-refractivity contribution in [1.29, 1.82) is 0 Å². The molecule has 1 aromatic carbocycles. The molecular weight excluding hydrogens is 202 g/mol. The Kier molecular flexibility index (Phi) is 3.59. The highest BCUT2D eigenvalue weighted by molar-refractivity contribution is 5.15. The van der Waals surface area contributed by atoms with Crippen LogP contribution >= 0.6 is 0 Å². The molecule has 1 heterocycles. The normalized spacial score (nSPS) is 34.2. The summed E-state index contributed by atoms with van der Waals surface area (Å²) < 4.78 is 0. The van der Waals surface area contributed by atoms with Gasteiger partial charge in [-0.1, -0.05) is 30.3 Å². The summed E-state index contributed by atoms with van der Waals surface area (Å²) >= 11 is 0. The van der Waals surface area contributed by atoms with Gasteiger partial charge < -0.3 is 15.5 Å². The van der Waals surface area contributed by atoms with Gasteiger partial charge in [0.2, 0.25) is 0 Å². The molecule has 1 aliphatic rings. The van der Waals surface area contributed by atoms with E-state index in [-0.39, 0.29) is 12.1 Å². The lowest BCUT2D eigenvalue weighted by Gasteiger charge is -2.15. The third-order valence-electron chi connectivity index (χ3n) is 3.34. The lowest BCUT2D eigenvalue weighted by Crippen LogP contribution is -2.33. The van der Waals surface area contributed by atoms with Crippen molar-refractivity contribution in [2.24, 2.45) is 0 Å². The number of rotatable bonds is 3. The molecule has 0 radical (unpaired) electrons. The van der Waals surface area contributed by atoms with E-state index in [9.17, 15) is 10.2 Å². The molecule has 3 heteroatoms. The van der Waals surface area contributed by atoms with Crippen molar-refractivity contribution in [2.75, 3.05) is 0 Å². The van der Waals surface area contributed by atoms with Gasteiger partial charge in [-0.15, -0.1) is 0 Å². The van der Waals surface area contributed by atoms with Crippen LogP contribution in [0.3, 0.4) is 0 Å². The van der Waals surface area contributed by atoms with E-state index < -0.39 is 12.2 Å². The van der Waals surface area contributed by atoms with E-state index >= 15 is 0 Å². The molecule has 16 heavy (non-hydrogen) atoms. The predicted octanol–water partition coefficient (Wildman–Crippen LogP) is 0.701. The minimum Gasteiger partial charge on any atom is -0.389 e. The summed E-state index contributed by atoms with van der Waals surface area (Å²) in [6.07, 6.45) is 0.501. The Morgan fingerprint density at radius 3 is 2.38 bits per heavy atom. The molecule has 3 N–H and O–H groups in total. The minimum absolute atomic E-state index is 0.00482. The molecule has 0 aromatic heterocycles. The maximum Gasteiger partial charge on any atom is 0.0967 e. The Hall–Kier alpha value is -0.900. The van der Waals surface area contributed by atoms with E-state index in [0.29, 0.717) is 0 Å². The van der Waals surface area contributed by atoms with E-state index in [1.54, 1.807) is 0 Å². The molecular formula is C13H19NO2. The summed E-state index contributed by atoms with van der Waals surface area (Å²) in [7, 11) is 0. The first-order valence-corrected chi connectivity index (χ1v) is 5.84. The Morgan fingerprint density at radius 1 is 1.12 bits per heavy atom. The lowest BCUT2D eigenvalue weighted by atomic mass is 10.0. The number of hydrogen-bond acceptors (Lipinski definition) is 3. The zero-order valence-corrected chi connectivity index (χ0v) is 9.50. The van der Waals surface area contributed by atoms with Crippen molar-refractivity contribution in [1.82, 2.24) is 5.32 Å². The Morgan fingerprint density at radius 2 is 1.81 bits per heavy atom. The predicted molar refractivity (Wildman–Crippen MR) is 63.2 cm³/mol. The van der Waals surface area contributed by atoms with Crippen LogP contribution in [0.5, 0.6) is 0 Å². The van der Waals surface area contributed by atoms with Crippen LogP contribution in [0.15, 0.2) is 30.3 Å². The maximum absolute atomic E-state index is 9.79. The Bertz CT molecular complexity index is 328. The topological polar surface area (TPSA) is 52.5 Å². The van der Waals surface area contributed by atoms with Crippen molar-refractivity contribution < 1.29 is 10.2 Å². The third-order valence-corrected chi connectivity index (χ3v) is 3.34. The molecule has 4 atom stereocenters. The molecule has 0 spiro atoms. The number of aryl methyl sites for hydroxylation is 1. The van der Waals surface area contributed by atoms with E-state index in [1.807, 2.05) is 25.1 Å². The van der Waals surface area contributed by atoms with Crippen molar-refractivity contribution in [3.63, 3.8) is 0 Å². The fourth-order valence-electron chi connectivity index (χ4n) is 2.29. The monoisotopic (exact) mass is 221 g/mol. The third kappa shape index (κ3) is 2.43. The van der Waals surface area contributed by atoms with Gasteiger partial charge >= 0.3 is 0 Å². The van der Waals surface area contributed by atoms with Gasteiger partial charge in [0.25, 0.3) is 0 Å². The van der Waals surface area contributed by atoms with Crippen molar-refractivity contribution in [3.8, 4) is 0 Å². The molecule has 1 aliphatic heterocycles. The first-order chi connectivity index (χ1) is 7.68. The van der Waals surface area contributed by atoms with Gasteiger partial charge in [-0.2, -0.15) is 0 Å². The molecule has 1 aromatic rings. The van der Waals surface area contributed by atoms with E-state index in [2.05, 4.69) is 17.4 Å². The fraction of sp³-hybridized carbons (Fsp3) is 0.538. The van der Waals surface area contributed by atoms with Crippen LogP contribution in [0.2, 0.25) is 0 Å². The highest BCUT2D eigenvalue weighted by Crippen LogP contribution is 2.18. The summed E-state index contributed by atoms with van der Waals surface area (Å²) in [5.41, 5.74) is 1.27. The minimum atomic E-state index is -0.640. The average Bonchev–Trinajstić information content (AvgIpc) is 2.56. The number of nitrogens with one attached hydrogen (secondary N) is 1. The SMILES string of the molecule is C[C@@H]1NC(CCc2ccccc2)[C@H](O)[C@@H]1O. The molecule has 0 aliphatic carbocycles. The Balaban J connectivity index is 1.87. The molecule has 0 saturated carbocycles. The number of aliphatic hydroxyl groups is 2. The van der Waals surface area contributed by atoms with Gasteiger partial charge in [0.1, 0.15) is 0 Å². The van der Waals surface area contributed by atoms with Crippen molar-refractivity contribution in [2.45, 2.75) is 44.1 Å². The van der Waals surface area contributed by atoms with Crippen LogP contribution < -0.4 is 5.32 Å². The summed E-state index contributed by atoms with van der Waals surface area (Å²) in [6, 6.07) is 10.2. The van der Waals surface area contributed by atoms with Gasteiger partial charge in [-0.25, -0.2) is 0 Å². The van der Waals surface area contributed by atoms with Gasteiger partial charge in [0, 0.05) is 12.1 Å². The maximum atomic E-state index is 9.79. The molecule has 0 bridgehead atoms. The summed E-state index contributed by atoms with van der Waals surface area (Å²) in [5, 5.41) is 22.6. The fourth-order valence-corrected chi connectivity index (χ4v) is 2.29. The molecule has 0 amide bonds. The number of aliphatic hydroxyl groups excluding tert-OH is 2. The second-order valence-corrected chi connectivity index (χ2v) is 4.57. The van der Waals surface area contributed by atoms with Crippen LogP contribution in [0.25, 0.3) is 0 Å². The zero-order chi connectivity index (χ0) is 11.5. The van der Waals surface area contributed by atoms with Gasteiger partial charge in [-0.3, -0.25) is 0 Å². The molecule has 2 rings (SSSR count). The first kappa shape index (κ1) is 11.6. The zero-order valence-electron chi connectivity index (χ0n) is 9.50. The standard InChI is InChI=1S/C13H19NO2/c1-9-12(15)13(16)11(14-9)8-7-10-5-3-2-4-6-10/h2-6,9,11-16H,7-8H2,1H3/t9-,11?,12+,13-/m0/s1. The largest absolute Gasteiger partial charge is 0.389 e. The highest BCUT2D eigenvalue weighted by atomic mass is 16.3. The second kappa shape index (κ2) is 4.95. The second-order valence-electron chi connectivity index (χ2n) is 4.57. The van der Waals surface area contributed by atoms with Crippen LogP contribution in [-0.2, 0) is 6.42 Å². The van der Waals surface area contributed by atoms with Crippen molar-refractivity contribution in [3.05, 3.63) is 35.9 Å². The van der Waals surface area contributed by atoms with Crippen LogP contribution in [-0.4, -0.2) is 34.5 Å². The molecule has 1 unspecified atom stereocenters. The van der Waals surface area contributed by atoms with E-state index in [4.69, 9.17) is 0 Å². The van der Waals surface area contributed by atoms with Gasteiger partial charge in [0.05, 0.1) is 12.2 Å². The number of benzene rings is 1. The highest BCUT2D eigenvalue weighted by Gasteiger charge is 2.37. The molecule has 1 saturated heterocycles. The Labute approximate surface area is 96.1 Å². The summed E-state index contributed by atoms with van der Waals surface area (Å²) in [5.74, 6) is 0. The summed E-state index contributed by atoms with van der Waals surface area (Å²) in [6.45, 7) is 1.90.